The molecule has 0 bridgehead atoms. The first-order chi connectivity index (χ1) is 13.5. The zero-order valence-corrected chi connectivity index (χ0v) is 15.1. The first kappa shape index (κ1) is 17.7. The number of fused-ring (bicyclic) bond motifs is 1. The van der Waals surface area contributed by atoms with Crippen molar-refractivity contribution in [1.82, 2.24) is 14.3 Å². The molecule has 0 spiro atoms. The number of benzene rings is 2. The monoisotopic (exact) mass is 376 g/mol. The fraction of sp³-hybridized carbons (Fsp3) is 0.0952. The number of amides is 1. The summed E-state index contributed by atoms with van der Waals surface area (Å²) in [5.74, 6) is -0.836. The van der Waals surface area contributed by atoms with E-state index in [0.717, 1.165) is 15.6 Å². The molecule has 0 saturated heterocycles. The summed E-state index contributed by atoms with van der Waals surface area (Å²) in [6, 6.07) is 16.4. The Balaban J connectivity index is 1.60. The van der Waals surface area contributed by atoms with E-state index in [2.05, 4.69) is 10.4 Å². The second kappa shape index (κ2) is 7.11. The van der Waals surface area contributed by atoms with Gasteiger partial charge in [-0.1, -0.05) is 18.2 Å². The van der Waals surface area contributed by atoms with Crippen molar-refractivity contribution in [3.8, 4) is 11.3 Å². The Labute approximate surface area is 159 Å². The summed E-state index contributed by atoms with van der Waals surface area (Å²) >= 11 is 0. The van der Waals surface area contributed by atoms with Crippen LogP contribution >= 0.6 is 0 Å². The number of anilines is 1. The number of halogens is 1. The van der Waals surface area contributed by atoms with E-state index in [1.807, 2.05) is 36.0 Å². The number of aromatic nitrogens is 3. The minimum absolute atomic E-state index is 0.269. The van der Waals surface area contributed by atoms with Gasteiger partial charge >= 0.3 is 0 Å². The fourth-order valence-corrected chi connectivity index (χ4v) is 3.11. The van der Waals surface area contributed by atoms with Crippen LogP contribution < -0.4 is 10.9 Å². The van der Waals surface area contributed by atoms with Crippen LogP contribution in [0.5, 0.6) is 0 Å². The summed E-state index contributed by atoms with van der Waals surface area (Å²) in [6.45, 7) is -0.273. The molecule has 2 heterocycles. The first-order valence-corrected chi connectivity index (χ1v) is 8.70. The number of nitrogens with zero attached hydrogens (tertiary/aromatic N) is 3. The van der Waals surface area contributed by atoms with Crippen LogP contribution in [0.3, 0.4) is 0 Å². The number of aryl methyl sites for hydroxylation is 1. The van der Waals surface area contributed by atoms with Crippen molar-refractivity contribution in [2.24, 2.45) is 7.05 Å². The molecule has 0 unspecified atom stereocenters. The molecule has 2 aromatic heterocycles. The Morgan fingerprint density at radius 3 is 2.71 bits per heavy atom. The summed E-state index contributed by atoms with van der Waals surface area (Å²) in [4.78, 5) is 24.6. The van der Waals surface area contributed by atoms with Crippen LogP contribution in [-0.4, -0.2) is 20.3 Å². The lowest BCUT2D eigenvalue weighted by atomic mass is 10.1. The van der Waals surface area contributed by atoms with E-state index in [-0.39, 0.29) is 17.8 Å². The highest BCUT2D eigenvalue weighted by Gasteiger charge is 2.12. The molecule has 0 aliphatic heterocycles. The Bertz CT molecular complexity index is 1240. The first-order valence-electron chi connectivity index (χ1n) is 8.70. The lowest BCUT2D eigenvalue weighted by Gasteiger charge is -2.10. The fourth-order valence-electron chi connectivity index (χ4n) is 3.11. The standard InChI is InChI=1S/C21H17FN4O2/c1-25-12-11-15-17(7-4-8-19(15)25)23-20(27)13-26-21(28)10-9-18(24-26)14-5-2-3-6-16(14)22/h2-12H,13H2,1H3,(H,23,27). The molecule has 0 atom stereocenters. The maximum absolute atomic E-state index is 14.0. The van der Waals surface area contributed by atoms with E-state index in [0.29, 0.717) is 5.69 Å². The third-order valence-corrected chi connectivity index (χ3v) is 4.51. The molecule has 6 nitrogen and oxygen atoms in total. The summed E-state index contributed by atoms with van der Waals surface area (Å²) in [5.41, 5.74) is 1.76. The molecule has 2 aromatic carbocycles. The van der Waals surface area contributed by atoms with Crippen LogP contribution in [0.1, 0.15) is 0 Å². The van der Waals surface area contributed by atoms with Gasteiger partial charge in [0.25, 0.3) is 5.56 Å². The van der Waals surface area contributed by atoms with Crippen molar-refractivity contribution in [1.29, 1.82) is 0 Å². The van der Waals surface area contributed by atoms with Crippen molar-refractivity contribution in [3.63, 3.8) is 0 Å². The predicted molar refractivity (Wildman–Crippen MR) is 105 cm³/mol. The molecule has 4 aromatic rings. The van der Waals surface area contributed by atoms with Gasteiger partial charge in [-0.05, 0) is 36.4 Å². The van der Waals surface area contributed by atoms with Crippen LogP contribution in [0.2, 0.25) is 0 Å². The van der Waals surface area contributed by atoms with Crippen molar-refractivity contribution >= 4 is 22.5 Å². The number of carbonyl (C=O) groups is 1. The molecule has 0 saturated carbocycles. The average molecular weight is 376 g/mol. The molecule has 0 fully saturated rings. The molecule has 1 amide bonds. The van der Waals surface area contributed by atoms with Crippen LogP contribution in [-0.2, 0) is 18.4 Å². The van der Waals surface area contributed by atoms with Crippen LogP contribution in [0, 0.1) is 5.82 Å². The third kappa shape index (κ3) is 3.29. The molecule has 0 radical (unpaired) electrons. The molecular weight excluding hydrogens is 359 g/mol. The van der Waals surface area contributed by atoms with Gasteiger partial charge in [-0.15, -0.1) is 0 Å². The van der Waals surface area contributed by atoms with Gasteiger partial charge in [-0.3, -0.25) is 9.59 Å². The number of hydrogen-bond acceptors (Lipinski definition) is 3. The van der Waals surface area contributed by atoms with E-state index < -0.39 is 17.3 Å². The maximum Gasteiger partial charge on any atom is 0.267 e. The van der Waals surface area contributed by atoms with Gasteiger partial charge in [0.2, 0.25) is 5.91 Å². The Morgan fingerprint density at radius 1 is 1.07 bits per heavy atom. The van der Waals surface area contributed by atoms with Crippen LogP contribution in [0.25, 0.3) is 22.2 Å². The van der Waals surface area contributed by atoms with E-state index >= 15 is 0 Å². The molecular formula is C21H17FN4O2. The second-order valence-corrected chi connectivity index (χ2v) is 6.41. The molecule has 0 aliphatic carbocycles. The van der Waals surface area contributed by atoms with Gasteiger partial charge < -0.3 is 9.88 Å². The van der Waals surface area contributed by atoms with Gasteiger partial charge in [-0.25, -0.2) is 9.07 Å². The molecule has 4 rings (SSSR count). The highest BCUT2D eigenvalue weighted by molar-refractivity contribution is 6.01. The summed E-state index contributed by atoms with van der Waals surface area (Å²) < 4.78 is 17.0. The number of nitrogens with one attached hydrogen (secondary N) is 1. The lowest BCUT2D eigenvalue weighted by molar-refractivity contribution is -0.117. The normalized spacial score (nSPS) is 10.9. The maximum atomic E-state index is 14.0. The highest BCUT2D eigenvalue weighted by atomic mass is 19.1. The molecule has 7 heteroatoms. The second-order valence-electron chi connectivity index (χ2n) is 6.41. The number of hydrogen-bond donors (Lipinski definition) is 1. The van der Waals surface area contributed by atoms with E-state index in [4.69, 9.17) is 0 Å². The molecule has 28 heavy (non-hydrogen) atoms. The minimum Gasteiger partial charge on any atom is -0.350 e. The average Bonchev–Trinajstić information content (AvgIpc) is 3.06. The quantitative estimate of drug-likeness (QED) is 0.595. The molecule has 140 valence electrons. The smallest absolute Gasteiger partial charge is 0.267 e. The minimum atomic E-state index is -0.444. The van der Waals surface area contributed by atoms with Gasteiger partial charge in [0, 0.05) is 35.8 Å². The van der Waals surface area contributed by atoms with Crippen molar-refractivity contribution in [2.75, 3.05) is 5.32 Å². The summed E-state index contributed by atoms with van der Waals surface area (Å²) in [7, 11) is 1.92. The molecule has 0 aliphatic rings. The van der Waals surface area contributed by atoms with E-state index in [1.54, 1.807) is 24.3 Å². The third-order valence-electron chi connectivity index (χ3n) is 4.51. The van der Waals surface area contributed by atoms with Crippen LogP contribution in [0.15, 0.2) is 71.7 Å². The van der Waals surface area contributed by atoms with E-state index in [9.17, 15) is 14.0 Å². The zero-order chi connectivity index (χ0) is 19.7. The predicted octanol–water partition coefficient (Wildman–Crippen LogP) is 3.18. The number of carbonyl (C=O) groups excluding carboxylic acids is 1. The lowest BCUT2D eigenvalue weighted by Crippen LogP contribution is -2.29. The zero-order valence-electron chi connectivity index (χ0n) is 15.1. The van der Waals surface area contributed by atoms with Gasteiger partial charge in [0.05, 0.1) is 11.4 Å². The molecule has 1 N–H and O–H groups in total. The number of rotatable bonds is 4. The van der Waals surface area contributed by atoms with Crippen molar-refractivity contribution in [2.45, 2.75) is 6.54 Å². The van der Waals surface area contributed by atoms with Crippen LogP contribution in [0.4, 0.5) is 10.1 Å². The highest BCUT2D eigenvalue weighted by Crippen LogP contribution is 2.24. The Kier molecular flexibility index (Phi) is 4.49. The Hall–Kier alpha value is -3.74. The van der Waals surface area contributed by atoms with Crippen molar-refractivity contribution in [3.05, 3.63) is 83.0 Å². The largest absolute Gasteiger partial charge is 0.350 e. The topological polar surface area (TPSA) is 68.9 Å². The van der Waals surface area contributed by atoms with Gasteiger partial charge in [0.15, 0.2) is 0 Å². The van der Waals surface area contributed by atoms with Crippen molar-refractivity contribution < 1.29 is 9.18 Å². The van der Waals surface area contributed by atoms with Gasteiger partial charge in [-0.2, -0.15) is 5.10 Å². The van der Waals surface area contributed by atoms with Gasteiger partial charge in [0.1, 0.15) is 12.4 Å². The Morgan fingerprint density at radius 2 is 1.89 bits per heavy atom. The SMILES string of the molecule is Cn1ccc2c(NC(=O)Cn3nc(-c4ccccc4F)ccc3=O)cccc21. The summed E-state index contributed by atoms with van der Waals surface area (Å²) in [5, 5.41) is 7.87. The summed E-state index contributed by atoms with van der Waals surface area (Å²) in [6.07, 6.45) is 1.91. The van der Waals surface area contributed by atoms with E-state index in [1.165, 1.54) is 18.2 Å².